The van der Waals surface area contributed by atoms with E-state index in [1.807, 2.05) is 63.2 Å². The molecule has 8 nitrogen and oxygen atoms in total. The van der Waals surface area contributed by atoms with Crippen LogP contribution < -0.4 is 10.6 Å². The van der Waals surface area contributed by atoms with Gasteiger partial charge in [-0.15, -0.1) is 5.10 Å². The Kier molecular flexibility index (Phi) is 6.61. The molecule has 1 aromatic heterocycles. The van der Waals surface area contributed by atoms with Crippen LogP contribution in [0.2, 0.25) is 0 Å². The average molecular weight is 411 g/mol. The Hall–Kier alpha value is -3.20. The normalized spacial score (nSPS) is 10.6. The summed E-state index contributed by atoms with van der Waals surface area (Å²) in [6, 6.07) is 13.4. The van der Waals surface area contributed by atoms with Gasteiger partial charge in [0.05, 0.1) is 18.0 Å². The van der Waals surface area contributed by atoms with E-state index in [9.17, 15) is 9.59 Å². The number of nitrogens with one attached hydrogen (secondary N) is 2. The largest absolute Gasteiger partial charge is 0.346 e. The summed E-state index contributed by atoms with van der Waals surface area (Å²) < 4.78 is 1.60. The number of nitrogens with zero attached hydrogens (tertiary/aromatic N) is 4. The van der Waals surface area contributed by atoms with Gasteiger partial charge in [0.2, 0.25) is 17.0 Å². The Morgan fingerprint density at radius 3 is 2.55 bits per heavy atom. The van der Waals surface area contributed by atoms with Gasteiger partial charge < -0.3 is 10.6 Å². The van der Waals surface area contributed by atoms with E-state index in [-0.39, 0.29) is 24.1 Å². The van der Waals surface area contributed by atoms with Crippen molar-refractivity contribution in [2.75, 3.05) is 17.6 Å². The number of aromatic nitrogens is 4. The molecule has 2 aromatic carbocycles. The zero-order valence-electron chi connectivity index (χ0n) is 16.5. The molecule has 0 spiro atoms. The van der Waals surface area contributed by atoms with E-state index in [2.05, 4.69) is 26.2 Å². The van der Waals surface area contributed by atoms with Crippen molar-refractivity contribution in [2.24, 2.45) is 0 Å². The minimum Gasteiger partial charge on any atom is -0.346 e. The molecule has 29 heavy (non-hydrogen) atoms. The standard InChI is InChI=1S/C20H22N6O2S/c1-13-8-6-9-16(15(13)3)22-18(27)11-21-19(28)12-29-20-23-24-25-26(20)17-10-5-4-7-14(17)2/h4-10H,11-12H2,1-3H3,(H,21,28)(H,22,27). The van der Waals surface area contributed by atoms with Crippen LogP contribution in [0.15, 0.2) is 47.6 Å². The number of benzene rings is 2. The second-order valence-electron chi connectivity index (χ2n) is 6.52. The number of carbonyl (C=O) groups excluding carboxylic acids is 2. The number of para-hydroxylation sites is 1. The predicted octanol–water partition coefficient (Wildman–Crippen LogP) is 2.43. The molecular weight excluding hydrogens is 388 g/mol. The van der Waals surface area contributed by atoms with E-state index in [0.29, 0.717) is 5.16 Å². The van der Waals surface area contributed by atoms with E-state index in [1.54, 1.807) is 4.68 Å². The second kappa shape index (κ2) is 9.33. The molecule has 2 N–H and O–H groups in total. The van der Waals surface area contributed by atoms with Gasteiger partial charge in [0.15, 0.2) is 0 Å². The molecule has 0 aliphatic heterocycles. The monoisotopic (exact) mass is 410 g/mol. The van der Waals surface area contributed by atoms with Crippen LogP contribution in [0.25, 0.3) is 5.69 Å². The minimum atomic E-state index is -0.276. The molecule has 0 aliphatic carbocycles. The maximum absolute atomic E-state index is 12.1. The molecule has 1 heterocycles. The lowest BCUT2D eigenvalue weighted by Gasteiger charge is -2.11. The van der Waals surface area contributed by atoms with E-state index in [4.69, 9.17) is 0 Å². The van der Waals surface area contributed by atoms with Crippen LogP contribution in [-0.2, 0) is 9.59 Å². The van der Waals surface area contributed by atoms with Crippen LogP contribution in [0.4, 0.5) is 5.69 Å². The van der Waals surface area contributed by atoms with Gasteiger partial charge in [-0.05, 0) is 60.0 Å². The smallest absolute Gasteiger partial charge is 0.243 e. The highest BCUT2D eigenvalue weighted by Gasteiger charge is 2.14. The second-order valence-corrected chi connectivity index (χ2v) is 7.46. The molecule has 0 atom stereocenters. The molecule has 0 aliphatic rings. The van der Waals surface area contributed by atoms with Gasteiger partial charge in [-0.25, -0.2) is 0 Å². The fraction of sp³-hybridized carbons (Fsp3) is 0.250. The summed E-state index contributed by atoms with van der Waals surface area (Å²) in [6.07, 6.45) is 0. The third-order valence-electron chi connectivity index (χ3n) is 4.44. The lowest BCUT2D eigenvalue weighted by molar-refractivity contribution is -0.122. The Balaban J connectivity index is 1.51. The SMILES string of the molecule is Cc1ccccc1-n1nnnc1SCC(=O)NCC(=O)Nc1cccc(C)c1C. The number of amides is 2. The fourth-order valence-corrected chi connectivity index (χ4v) is 3.38. The maximum Gasteiger partial charge on any atom is 0.243 e. The summed E-state index contributed by atoms with van der Waals surface area (Å²) >= 11 is 1.21. The highest BCUT2D eigenvalue weighted by atomic mass is 32.2. The molecule has 0 bridgehead atoms. The number of anilines is 1. The van der Waals surface area contributed by atoms with Gasteiger partial charge >= 0.3 is 0 Å². The summed E-state index contributed by atoms with van der Waals surface area (Å²) in [6.45, 7) is 5.79. The van der Waals surface area contributed by atoms with Crippen molar-refractivity contribution in [1.82, 2.24) is 25.5 Å². The first-order valence-corrected chi connectivity index (χ1v) is 10.0. The highest BCUT2D eigenvalue weighted by molar-refractivity contribution is 7.99. The lowest BCUT2D eigenvalue weighted by atomic mass is 10.1. The average Bonchev–Trinajstić information content (AvgIpc) is 3.17. The zero-order chi connectivity index (χ0) is 20.8. The number of carbonyl (C=O) groups is 2. The van der Waals surface area contributed by atoms with Gasteiger partial charge in [-0.1, -0.05) is 42.1 Å². The van der Waals surface area contributed by atoms with Crippen LogP contribution in [0.5, 0.6) is 0 Å². The Morgan fingerprint density at radius 1 is 1.00 bits per heavy atom. The van der Waals surface area contributed by atoms with E-state index in [0.717, 1.165) is 28.1 Å². The van der Waals surface area contributed by atoms with Crippen molar-refractivity contribution in [3.63, 3.8) is 0 Å². The van der Waals surface area contributed by atoms with Gasteiger partial charge in [0.1, 0.15) is 0 Å². The predicted molar refractivity (Wildman–Crippen MR) is 112 cm³/mol. The van der Waals surface area contributed by atoms with Crippen LogP contribution in [-0.4, -0.2) is 44.3 Å². The molecule has 2 amide bonds. The molecule has 0 saturated heterocycles. The van der Waals surface area contributed by atoms with E-state index < -0.39 is 0 Å². The molecular formula is C20H22N6O2S. The van der Waals surface area contributed by atoms with E-state index >= 15 is 0 Å². The summed E-state index contributed by atoms with van der Waals surface area (Å²) in [5, 5.41) is 17.6. The minimum absolute atomic E-state index is 0.100. The quantitative estimate of drug-likeness (QED) is 0.580. The summed E-state index contributed by atoms with van der Waals surface area (Å²) in [7, 11) is 0. The molecule has 0 radical (unpaired) electrons. The van der Waals surface area contributed by atoms with Gasteiger partial charge in [-0.3, -0.25) is 9.59 Å². The molecule has 0 unspecified atom stereocenters. The first kappa shape index (κ1) is 20.5. The van der Waals surface area contributed by atoms with Crippen LogP contribution in [0.1, 0.15) is 16.7 Å². The topological polar surface area (TPSA) is 102 Å². The van der Waals surface area contributed by atoms with Crippen molar-refractivity contribution in [2.45, 2.75) is 25.9 Å². The Bertz CT molecular complexity index is 1030. The number of hydrogen-bond acceptors (Lipinski definition) is 6. The first-order valence-electron chi connectivity index (χ1n) is 9.05. The number of rotatable bonds is 7. The summed E-state index contributed by atoms with van der Waals surface area (Å²) in [5.74, 6) is -0.449. The molecule has 150 valence electrons. The number of thioether (sulfide) groups is 1. The first-order chi connectivity index (χ1) is 14.0. The third kappa shape index (κ3) is 5.20. The van der Waals surface area contributed by atoms with Gasteiger partial charge in [0.25, 0.3) is 0 Å². The number of aryl methyl sites for hydroxylation is 2. The van der Waals surface area contributed by atoms with Gasteiger partial charge in [0, 0.05) is 5.69 Å². The molecule has 9 heteroatoms. The van der Waals surface area contributed by atoms with Crippen molar-refractivity contribution in [3.8, 4) is 5.69 Å². The van der Waals surface area contributed by atoms with Crippen LogP contribution in [0.3, 0.4) is 0 Å². The lowest BCUT2D eigenvalue weighted by Crippen LogP contribution is -2.34. The summed E-state index contributed by atoms with van der Waals surface area (Å²) in [5.41, 5.74) is 4.72. The van der Waals surface area contributed by atoms with Crippen LogP contribution in [0, 0.1) is 20.8 Å². The van der Waals surface area contributed by atoms with Crippen molar-refractivity contribution >= 4 is 29.3 Å². The summed E-state index contributed by atoms with van der Waals surface area (Å²) in [4.78, 5) is 24.3. The Labute approximate surface area is 173 Å². The molecule has 0 saturated carbocycles. The van der Waals surface area contributed by atoms with Crippen molar-refractivity contribution in [1.29, 1.82) is 0 Å². The molecule has 0 fully saturated rings. The van der Waals surface area contributed by atoms with Gasteiger partial charge in [-0.2, -0.15) is 4.68 Å². The maximum atomic E-state index is 12.1. The number of hydrogen-bond donors (Lipinski definition) is 2. The molecule has 3 aromatic rings. The zero-order valence-corrected chi connectivity index (χ0v) is 17.3. The fourth-order valence-electron chi connectivity index (χ4n) is 2.66. The van der Waals surface area contributed by atoms with Crippen molar-refractivity contribution in [3.05, 3.63) is 59.2 Å². The third-order valence-corrected chi connectivity index (χ3v) is 5.36. The van der Waals surface area contributed by atoms with E-state index in [1.165, 1.54) is 11.8 Å². The highest BCUT2D eigenvalue weighted by Crippen LogP contribution is 2.20. The molecule has 3 rings (SSSR count). The number of tetrazole rings is 1. The Morgan fingerprint density at radius 2 is 1.76 bits per heavy atom. The van der Waals surface area contributed by atoms with Crippen LogP contribution >= 0.6 is 11.8 Å². The van der Waals surface area contributed by atoms with Crippen molar-refractivity contribution < 1.29 is 9.59 Å².